The van der Waals surface area contributed by atoms with Crippen molar-refractivity contribution < 1.29 is 5.11 Å². The topological polar surface area (TPSA) is 44.0 Å². The van der Waals surface area contributed by atoms with Gasteiger partial charge in [-0.2, -0.15) is 5.26 Å². The van der Waals surface area contributed by atoms with Gasteiger partial charge in [-0.25, -0.2) is 0 Å². The average Bonchev–Trinajstić information content (AvgIpc) is 1.83. The van der Waals surface area contributed by atoms with Crippen LogP contribution in [0.25, 0.3) is 0 Å². The zero-order valence-corrected chi connectivity index (χ0v) is 5.03. The summed E-state index contributed by atoms with van der Waals surface area (Å²) in [6.07, 6.45) is 0. The first-order chi connectivity index (χ1) is 3.81. The number of thioether (sulfide) groups is 1. The summed E-state index contributed by atoms with van der Waals surface area (Å²) in [6, 6.07) is 0. The van der Waals surface area contributed by atoms with Crippen molar-refractivity contribution in [3.8, 4) is 5.40 Å². The first-order valence-electron chi connectivity index (χ1n) is 1.90. The molecule has 0 atom stereocenters. The van der Waals surface area contributed by atoms with Crippen LogP contribution in [0.4, 0.5) is 0 Å². The predicted octanol–water partition coefficient (Wildman–Crippen LogP) is 1.43. The van der Waals surface area contributed by atoms with E-state index in [1.807, 2.05) is 0 Å². The monoisotopic (exact) mass is 127 g/mol. The van der Waals surface area contributed by atoms with Crippen molar-refractivity contribution in [3.05, 3.63) is 18.1 Å². The van der Waals surface area contributed by atoms with Crippen LogP contribution >= 0.6 is 11.8 Å². The van der Waals surface area contributed by atoms with Crippen LogP contribution in [0.2, 0.25) is 0 Å². The maximum atomic E-state index is 8.56. The highest BCUT2D eigenvalue weighted by molar-refractivity contribution is 8.03. The van der Waals surface area contributed by atoms with Gasteiger partial charge in [0.1, 0.15) is 11.2 Å². The van der Waals surface area contributed by atoms with Gasteiger partial charge in [0, 0.05) is 0 Å². The van der Waals surface area contributed by atoms with Gasteiger partial charge in [0.05, 0.1) is 5.75 Å². The fourth-order valence-electron chi connectivity index (χ4n) is 0.152. The number of nitrogens with zero attached hydrogens (tertiary/aromatic N) is 1. The minimum Gasteiger partial charge on any atom is -0.504 e. The highest BCUT2D eigenvalue weighted by Gasteiger charge is 1.87. The van der Waals surface area contributed by atoms with E-state index in [1.165, 1.54) is 0 Å². The second-order valence-corrected chi connectivity index (χ2v) is 1.76. The molecule has 0 aromatic heterocycles. The number of hydrogen-bond donors (Lipinski definition) is 1. The highest BCUT2D eigenvalue weighted by Crippen LogP contribution is 1.99. The van der Waals surface area contributed by atoms with Gasteiger partial charge in [-0.3, -0.25) is 0 Å². The maximum Gasteiger partial charge on any atom is 0.145 e. The molecule has 42 valence electrons. The molecule has 0 saturated carbocycles. The third-order valence-electron chi connectivity index (χ3n) is 0.477. The van der Waals surface area contributed by atoms with Crippen LogP contribution in [0.3, 0.4) is 0 Å². The van der Waals surface area contributed by atoms with Crippen LogP contribution in [-0.2, 0) is 0 Å². The van der Waals surface area contributed by atoms with Gasteiger partial charge in [0.2, 0.25) is 0 Å². The van der Waals surface area contributed by atoms with Crippen molar-refractivity contribution in [1.29, 1.82) is 5.26 Å². The molecule has 0 heterocycles. The summed E-state index contributed by atoms with van der Waals surface area (Å²) in [5.41, 5.74) is 2.25. The van der Waals surface area contributed by atoms with Crippen LogP contribution in [0.15, 0.2) is 18.1 Å². The van der Waals surface area contributed by atoms with Gasteiger partial charge in [0.25, 0.3) is 0 Å². The molecule has 0 amide bonds. The molecule has 0 aromatic rings. The molecule has 3 heteroatoms. The SMILES string of the molecule is C=C=C(O)CSC#N. The smallest absolute Gasteiger partial charge is 0.145 e. The van der Waals surface area contributed by atoms with Gasteiger partial charge in [0.15, 0.2) is 0 Å². The fraction of sp³-hybridized carbons (Fsp3) is 0.200. The van der Waals surface area contributed by atoms with Crippen molar-refractivity contribution in [2.75, 3.05) is 5.75 Å². The third kappa shape index (κ3) is 3.35. The molecule has 1 N–H and O–H groups in total. The lowest BCUT2D eigenvalue weighted by Gasteiger charge is -1.84. The summed E-state index contributed by atoms with van der Waals surface area (Å²) in [7, 11) is 0. The Kier molecular flexibility index (Phi) is 3.87. The van der Waals surface area contributed by atoms with Crippen molar-refractivity contribution in [2.24, 2.45) is 0 Å². The Hall–Kier alpha value is -0.840. The summed E-state index contributed by atoms with van der Waals surface area (Å²) in [6.45, 7) is 3.18. The van der Waals surface area contributed by atoms with E-state index in [0.29, 0.717) is 0 Å². The number of rotatable bonds is 2. The van der Waals surface area contributed by atoms with E-state index < -0.39 is 0 Å². The van der Waals surface area contributed by atoms with Crippen LogP contribution < -0.4 is 0 Å². The highest BCUT2D eigenvalue weighted by atomic mass is 32.2. The van der Waals surface area contributed by atoms with E-state index in [0.717, 1.165) is 11.8 Å². The zero-order chi connectivity index (χ0) is 6.41. The molecule has 2 nitrogen and oxygen atoms in total. The molecule has 0 aliphatic rings. The Balaban J connectivity index is 3.44. The average molecular weight is 127 g/mol. The molecule has 0 aromatic carbocycles. The summed E-state index contributed by atoms with van der Waals surface area (Å²) >= 11 is 0.957. The van der Waals surface area contributed by atoms with Crippen LogP contribution in [-0.4, -0.2) is 10.9 Å². The predicted molar refractivity (Wildman–Crippen MR) is 33.4 cm³/mol. The van der Waals surface area contributed by atoms with Crippen molar-refractivity contribution in [3.63, 3.8) is 0 Å². The van der Waals surface area contributed by atoms with Gasteiger partial charge < -0.3 is 5.11 Å². The second-order valence-electron chi connectivity index (χ2n) is 1.00. The molecular weight excluding hydrogens is 122 g/mol. The Labute approximate surface area is 52.1 Å². The second kappa shape index (κ2) is 4.32. The molecule has 0 unspecified atom stereocenters. The van der Waals surface area contributed by atoms with Gasteiger partial charge in [-0.1, -0.05) is 12.3 Å². The minimum absolute atomic E-state index is 0.0246. The van der Waals surface area contributed by atoms with E-state index in [2.05, 4.69) is 12.3 Å². The molecule has 0 rings (SSSR count). The number of aliphatic hydroxyl groups is 1. The molecule has 0 aliphatic heterocycles. The van der Waals surface area contributed by atoms with E-state index in [4.69, 9.17) is 10.4 Å². The molecule has 0 radical (unpaired) electrons. The fourth-order valence-corrected chi connectivity index (χ4v) is 0.455. The standard InChI is InChI=1S/C5H5NOS/c1-2-5(7)3-8-4-6/h7H,1,3H2. The Morgan fingerprint density at radius 2 is 2.50 bits per heavy atom. The molecule has 0 aliphatic carbocycles. The van der Waals surface area contributed by atoms with Crippen molar-refractivity contribution >= 4 is 11.8 Å². The quantitative estimate of drug-likeness (QED) is 0.346. The van der Waals surface area contributed by atoms with Crippen molar-refractivity contribution in [1.82, 2.24) is 0 Å². The molecule has 0 fully saturated rings. The largest absolute Gasteiger partial charge is 0.504 e. The number of hydrogen-bond acceptors (Lipinski definition) is 3. The zero-order valence-electron chi connectivity index (χ0n) is 4.22. The Morgan fingerprint density at radius 1 is 1.88 bits per heavy atom. The van der Waals surface area contributed by atoms with Crippen LogP contribution in [0, 0.1) is 10.7 Å². The number of aliphatic hydroxyl groups excluding tert-OH is 1. The molecule has 0 saturated heterocycles. The van der Waals surface area contributed by atoms with E-state index in [-0.39, 0.29) is 11.5 Å². The van der Waals surface area contributed by atoms with Gasteiger partial charge in [-0.15, -0.1) is 0 Å². The number of nitriles is 1. The normalized spacial score (nSPS) is 6.88. The summed E-state index contributed by atoms with van der Waals surface area (Å²) in [5.74, 6) is 0.302. The summed E-state index contributed by atoms with van der Waals surface area (Å²) in [4.78, 5) is 0. The molecule has 0 spiro atoms. The molecule has 8 heavy (non-hydrogen) atoms. The van der Waals surface area contributed by atoms with Crippen molar-refractivity contribution in [2.45, 2.75) is 0 Å². The first kappa shape index (κ1) is 7.16. The lowest BCUT2D eigenvalue weighted by molar-refractivity contribution is 0.419. The number of thiocyanates is 1. The minimum atomic E-state index is 0.0246. The van der Waals surface area contributed by atoms with Crippen LogP contribution in [0.1, 0.15) is 0 Å². The van der Waals surface area contributed by atoms with E-state index >= 15 is 0 Å². The van der Waals surface area contributed by atoms with E-state index in [9.17, 15) is 0 Å². The van der Waals surface area contributed by atoms with Gasteiger partial charge in [-0.05, 0) is 11.8 Å². The molecular formula is C5H5NOS. The maximum absolute atomic E-state index is 8.56. The molecule has 0 bridgehead atoms. The first-order valence-corrected chi connectivity index (χ1v) is 2.88. The summed E-state index contributed by atoms with van der Waals surface area (Å²) in [5, 5.41) is 18.3. The van der Waals surface area contributed by atoms with E-state index in [1.54, 1.807) is 5.40 Å². The van der Waals surface area contributed by atoms with Gasteiger partial charge >= 0.3 is 0 Å². The third-order valence-corrected chi connectivity index (χ3v) is 1.02. The Bertz CT molecular complexity index is 152. The lowest BCUT2D eigenvalue weighted by Crippen LogP contribution is -1.78. The Morgan fingerprint density at radius 3 is 2.88 bits per heavy atom. The lowest BCUT2D eigenvalue weighted by atomic mass is 10.6. The summed E-state index contributed by atoms with van der Waals surface area (Å²) < 4.78 is 0. The van der Waals surface area contributed by atoms with Crippen LogP contribution in [0.5, 0.6) is 0 Å².